The Morgan fingerprint density at radius 1 is 1.10 bits per heavy atom. The van der Waals surface area contributed by atoms with E-state index in [2.05, 4.69) is 15.0 Å². The number of anilines is 1. The highest BCUT2D eigenvalue weighted by Gasteiger charge is 2.21. The minimum absolute atomic E-state index is 0.104. The number of carbonyl (C=O) groups excluding carboxylic acids is 1. The summed E-state index contributed by atoms with van der Waals surface area (Å²) in [6.45, 7) is 1.64. The lowest BCUT2D eigenvalue weighted by Gasteiger charge is -2.11. The lowest BCUT2D eigenvalue weighted by Crippen LogP contribution is -2.12. The number of hydrogen-bond acceptors (Lipinski definition) is 4. The van der Waals surface area contributed by atoms with Crippen LogP contribution in [0.5, 0.6) is 0 Å². The molecule has 2 aromatic heterocycles. The van der Waals surface area contributed by atoms with E-state index in [0.717, 1.165) is 0 Å². The molecule has 0 aliphatic rings. The standard InChI is InChI=1S/C22H17ClFN5O/c1-11-8-12(23)9-16(19(11)24)20-15(13-4-2-3-5-14(13)21(25)30)10-18(28-20)17-6-7-27-22(26)29-17/h2-10,28H,1H3,(H2,25,30)(H2,26,27,29). The van der Waals surface area contributed by atoms with Gasteiger partial charge in [-0.3, -0.25) is 4.79 Å². The fraction of sp³-hybridized carbons (Fsp3) is 0.0455. The van der Waals surface area contributed by atoms with Crippen LogP contribution in [-0.2, 0) is 0 Å². The average Bonchev–Trinajstić information content (AvgIpc) is 3.16. The van der Waals surface area contributed by atoms with Gasteiger partial charge in [0.25, 0.3) is 0 Å². The maximum atomic E-state index is 15.1. The SMILES string of the molecule is Cc1cc(Cl)cc(-c2[nH]c(-c3ccnc(N)n3)cc2-c2ccccc2C(N)=O)c1F. The van der Waals surface area contributed by atoms with Gasteiger partial charge in [0, 0.05) is 27.9 Å². The van der Waals surface area contributed by atoms with Crippen LogP contribution in [0, 0.1) is 12.7 Å². The number of benzene rings is 2. The summed E-state index contributed by atoms with van der Waals surface area (Å²) in [5, 5.41) is 0.389. The quantitative estimate of drug-likeness (QED) is 0.447. The maximum absolute atomic E-state index is 15.1. The van der Waals surface area contributed by atoms with Gasteiger partial charge in [0.05, 0.1) is 17.1 Å². The zero-order chi connectivity index (χ0) is 21.4. The first kappa shape index (κ1) is 19.6. The number of nitrogen functional groups attached to an aromatic ring is 1. The number of H-pyrrole nitrogens is 1. The Hall–Kier alpha value is -3.71. The molecule has 0 unspecified atom stereocenters. The van der Waals surface area contributed by atoms with Crippen molar-refractivity contribution in [1.82, 2.24) is 15.0 Å². The van der Waals surface area contributed by atoms with Gasteiger partial charge >= 0.3 is 0 Å². The second-order valence-electron chi connectivity index (χ2n) is 6.77. The topological polar surface area (TPSA) is 111 Å². The van der Waals surface area contributed by atoms with Crippen molar-refractivity contribution in [2.45, 2.75) is 6.92 Å². The normalized spacial score (nSPS) is 10.9. The molecule has 2 heterocycles. The van der Waals surface area contributed by atoms with Gasteiger partial charge in [0.2, 0.25) is 11.9 Å². The molecule has 0 radical (unpaired) electrons. The Morgan fingerprint density at radius 3 is 2.60 bits per heavy atom. The molecule has 0 spiro atoms. The summed E-state index contributed by atoms with van der Waals surface area (Å²) < 4.78 is 15.1. The Labute approximate surface area is 176 Å². The van der Waals surface area contributed by atoms with E-state index in [0.29, 0.717) is 44.4 Å². The molecule has 0 aliphatic carbocycles. The smallest absolute Gasteiger partial charge is 0.249 e. The van der Waals surface area contributed by atoms with Crippen molar-refractivity contribution >= 4 is 23.5 Å². The molecule has 0 saturated heterocycles. The third-order valence-corrected chi connectivity index (χ3v) is 4.96. The van der Waals surface area contributed by atoms with E-state index in [1.165, 1.54) is 12.3 Å². The minimum atomic E-state index is -0.590. The minimum Gasteiger partial charge on any atom is -0.368 e. The lowest BCUT2D eigenvalue weighted by atomic mass is 9.95. The van der Waals surface area contributed by atoms with Gasteiger partial charge in [-0.15, -0.1) is 0 Å². The summed E-state index contributed by atoms with van der Waals surface area (Å²) in [6, 6.07) is 13.4. The van der Waals surface area contributed by atoms with Gasteiger partial charge < -0.3 is 16.5 Å². The van der Waals surface area contributed by atoms with Crippen LogP contribution in [0.25, 0.3) is 33.8 Å². The van der Waals surface area contributed by atoms with Gasteiger partial charge in [-0.25, -0.2) is 14.4 Å². The molecule has 1 amide bonds. The number of aromatic nitrogens is 3. The predicted octanol–water partition coefficient (Wildman–Crippen LogP) is 4.59. The summed E-state index contributed by atoms with van der Waals surface area (Å²) in [5.74, 6) is -0.909. The van der Waals surface area contributed by atoms with Gasteiger partial charge in [-0.2, -0.15) is 0 Å². The van der Waals surface area contributed by atoms with E-state index in [1.807, 2.05) is 0 Å². The zero-order valence-corrected chi connectivity index (χ0v) is 16.7. The van der Waals surface area contributed by atoms with Gasteiger partial charge in [0.15, 0.2) is 0 Å². The third-order valence-electron chi connectivity index (χ3n) is 4.74. The summed E-state index contributed by atoms with van der Waals surface area (Å²) in [6.07, 6.45) is 1.53. The van der Waals surface area contributed by atoms with Crippen molar-refractivity contribution in [3.8, 4) is 33.8 Å². The molecular weight excluding hydrogens is 405 g/mol. The van der Waals surface area contributed by atoms with Crippen LogP contribution in [-0.4, -0.2) is 20.9 Å². The first-order valence-electron chi connectivity index (χ1n) is 9.02. The van der Waals surface area contributed by atoms with Crippen LogP contribution in [0.1, 0.15) is 15.9 Å². The Morgan fingerprint density at radius 2 is 1.87 bits per heavy atom. The van der Waals surface area contributed by atoms with E-state index in [-0.39, 0.29) is 11.5 Å². The number of aromatic amines is 1. The second kappa shape index (κ2) is 7.61. The highest BCUT2D eigenvalue weighted by Crippen LogP contribution is 2.39. The Kier molecular flexibility index (Phi) is 4.97. The molecule has 0 fully saturated rings. The molecule has 0 aliphatic heterocycles. The fourth-order valence-electron chi connectivity index (χ4n) is 3.38. The predicted molar refractivity (Wildman–Crippen MR) is 115 cm³/mol. The number of nitrogens with two attached hydrogens (primary N) is 2. The van der Waals surface area contributed by atoms with Crippen LogP contribution < -0.4 is 11.5 Å². The highest BCUT2D eigenvalue weighted by molar-refractivity contribution is 6.31. The molecule has 8 heteroatoms. The Balaban J connectivity index is 2.04. The average molecular weight is 422 g/mol. The van der Waals surface area contributed by atoms with E-state index < -0.39 is 11.7 Å². The van der Waals surface area contributed by atoms with Crippen molar-refractivity contribution in [2.24, 2.45) is 5.73 Å². The Bertz CT molecular complexity index is 1280. The molecule has 2 aromatic carbocycles. The first-order valence-corrected chi connectivity index (χ1v) is 9.40. The molecule has 5 N–H and O–H groups in total. The number of primary amides is 1. The number of aryl methyl sites for hydroxylation is 1. The van der Waals surface area contributed by atoms with Gasteiger partial charge in [-0.1, -0.05) is 29.8 Å². The number of nitrogens with zero attached hydrogens (tertiary/aromatic N) is 2. The molecule has 4 aromatic rings. The molecular formula is C22H17ClFN5O. The van der Waals surface area contributed by atoms with Crippen molar-refractivity contribution in [3.05, 3.63) is 76.7 Å². The zero-order valence-electron chi connectivity index (χ0n) is 15.9. The summed E-state index contributed by atoms with van der Waals surface area (Å²) in [5.41, 5.74) is 14.9. The third kappa shape index (κ3) is 3.51. The number of amides is 1. The van der Waals surface area contributed by atoms with Crippen LogP contribution in [0.4, 0.5) is 10.3 Å². The van der Waals surface area contributed by atoms with Crippen LogP contribution >= 0.6 is 11.6 Å². The maximum Gasteiger partial charge on any atom is 0.249 e. The monoisotopic (exact) mass is 421 g/mol. The summed E-state index contributed by atoms with van der Waals surface area (Å²) in [7, 11) is 0. The molecule has 6 nitrogen and oxygen atoms in total. The van der Waals surface area contributed by atoms with Crippen molar-refractivity contribution < 1.29 is 9.18 Å². The van der Waals surface area contributed by atoms with Crippen molar-refractivity contribution in [1.29, 1.82) is 0 Å². The number of nitrogens with one attached hydrogen (secondary N) is 1. The number of halogens is 2. The first-order chi connectivity index (χ1) is 14.3. The number of carbonyl (C=O) groups is 1. The largest absolute Gasteiger partial charge is 0.368 e. The summed E-state index contributed by atoms with van der Waals surface area (Å²) in [4.78, 5) is 23.3. The van der Waals surface area contributed by atoms with Gasteiger partial charge in [0.1, 0.15) is 5.82 Å². The lowest BCUT2D eigenvalue weighted by molar-refractivity contribution is 0.100. The number of hydrogen-bond donors (Lipinski definition) is 3. The molecule has 0 atom stereocenters. The van der Waals surface area contributed by atoms with E-state index in [1.54, 1.807) is 49.4 Å². The van der Waals surface area contributed by atoms with E-state index in [9.17, 15) is 4.79 Å². The van der Waals surface area contributed by atoms with Crippen LogP contribution in [0.2, 0.25) is 5.02 Å². The molecule has 30 heavy (non-hydrogen) atoms. The highest BCUT2D eigenvalue weighted by atomic mass is 35.5. The van der Waals surface area contributed by atoms with E-state index >= 15 is 4.39 Å². The molecule has 4 rings (SSSR count). The van der Waals surface area contributed by atoms with Gasteiger partial charge in [-0.05, 0) is 48.4 Å². The summed E-state index contributed by atoms with van der Waals surface area (Å²) >= 11 is 6.20. The van der Waals surface area contributed by atoms with Crippen molar-refractivity contribution in [2.75, 3.05) is 5.73 Å². The fourth-order valence-corrected chi connectivity index (χ4v) is 3.65. The van der Waals surface area contributed by atoms with Crippen LogP contribution in [0.15, 0.2) is 54.7 Å². The molecule has 0 saturated carbocycles. The van der Waals surface area contributed by atoms with Crippen molar-refractivity contribution in [3.63, 3.8) is 0 Å². The van der Waals surface area contributed by atoms with Crippen LogP contribution in [0.3, 0.4) is 0 Å². The van der Waals surface area contributed by atoms with E-state index in [4.69, 9.17) is 23.1 Å². The molecule has 0 bridgehead atoms. The second-order valence-corrected chi connectivity index (χ2v) is 7.20. The molecule has 150 valence electrons. The number of rotatable bonds is 4.